The van der Waals surface area contributed by atoms with Gasteiger partial charge in [0, 0.05) is 19.3 Å². The maximum absolute atomic E-state index is 5.99. The summed E-state index contributed by atoms with van der Waals surface area (Å²) in [6, 6.07) is 1.98. The van der Waals surface area contributed by atoms with Crippen LogP contribution in [0.5, 0.6) is 0 Å². The fraction of sp³-hybridized carbons (Fsp3) is 0.538. The Morgan fingerprint density at radius 1 is 1.53 bits per heavy atom. The molecule has 19 heavy (non-hydrogen) atoms. The van der Waals surface area contributed by atoms with E-state index in [2.05, 4.69) is 26.5 Å². The molecule has 0 saturated carbocycles. The monoisotopic (exact) mass is 280 g/mol. The first-order chi connectivity index (χ1) is 9.28. The molecule has 0 aromatic carbocycles. The number of pyridine rings is 1. The number of fused-ring (bicyclic) bond motifs is 1. The smallest absolute Gasteiger partial charge is 0.125 e. The van der Waals surface area contributed by atoms with Gasteiger partial charge in [-0.15, -0.1) is 11.6 Å². The number of nitrogens with zero attached hydrogens (tertiary/aromatic N) is 4. The molecule has 5 nitrogen and oxygen atoms in total. The lowest BCUT2D eigenvalue weighted by Gasteiger charge is -2.30. The van der Waals surface area contributed by atoms with E-state index in [1.54, 1.807) is 12.4 Å². The molecule has 1 aliphatic heterocycles. The molecular weight excluding hydrogens is 264 g/mol. The molecule has 6 heteroatoms. The van der Waals surface area contributed by atoms with E-state index >= 15 is 0 Å². The molecule has 0 amide bonds. The SMILES string of the molecule is CN1CCOC(Cn2c(CCl)nc3cnccc32)C1. The Morgan fingerprint density at radius 2 is 2.42 bits per heavy atom. The summed E-state index contributed by atoms with van der Waals surface area (Å²) in [6.45, 7) is 3.50. The molecule has 1 unspecified atom stereocenters. The van der Waals surface area contributed by atoms with Crippen molar-refractivity contribution in [3.8, 4) is 0 Å². The molecule has 0 bridgehead atoms. The van der Waals surface area contributed by atoms with Crippen LogP contribution in [0.25, 0.3) is 11.0 Å². The third-order valence-corrected chi connectivity index (χ3v) is 3.72. The van der Waals surface area contributed by atoms with Crippen molar-refractivity contribution in [3.63, 3.8) is 0 Å². The lowest BCUT2D eigenvalue weighted by Crippen LogP contribution is -2.42. The van der Waals surface area contributed by atoms with Crippen molar-refractivity contribution in [2.24, 2.45) is 0 Å². The number of rotatable bonds is 3. The van der Waals surface area contributed by atoms with E-state index in [4.69, 9.17) is 16.3 Å². The highest BCUT2D eigenvalue weighted by Crippen LogP contribution is 2.18. The molecule has 0 radical (unpaired) electrons. The van der Waals surface area contributed by atoms with Gasteiger partial charge in [0.25, 0.3) is 0 Å². The summed E-state index contributed by atoms with van der Waals surface area (Å²) in [5, 5.41) is 0. The van der Waals surface area contributed by atoms with Gasteiger partial charge < -0.3 is 14.2 Å². The van der Waals surface area contributed by atoms with Crippen LogP contribution in [0.3, 0.4) is 0 Å². The maximum Gasteiger partial charge on any atom is 0.125 e. The normalized spacial score (nSPS) is 21.1. The molecule has 1 saturated heterocycles. The van der Waals surface area contributed by atoms with Crippen LogP contribution >= 0.6 is 11.6 Å². The predicted molar refractivity (Wildman–Crippen MR) is 74.3 cm³/mol. The van der Waals surface area contributed by atoms with Crippen molar-refractivity contribution >= 4 is 22.6 Å². The summed E-state index contributed by atoms with van der Waals surface area (Å²) in [6.07, 6.45) is 3.74. The van der Waals surface area contributed by atoms with Gasteiger partial charge in [-0.05, 0) is 13.1 Å². The number of likely N-dealkylation sites (N-methyl/N-ethyl adjacent to an activating group) is 1. The second-order valence-electron chi connectivity index (χ2n) is 4.89. The molecule has 3 rings (SSSR count). The molecule has 2 aromatic rings. The topological polar surface area (TPSA) is 43.2 Å². The van der Waals surface area contributed by atoms with E-state index in [-0.39, 0.29) is 6.10 Å². The van der Waals surface area contributed by atoms with Crippen LogP contribution in [0.15, 0.2) is 18.5 Å². The fourth-order valence-corrected chi connectivity index (χ4v) is 2.72. The Labute approximate surface area is 117 Å². The first-order valence-corrected chi connectivity index (χ1v) is 6.96. The van der Waals surface area contributed by atoms with Gasteiger partial charge in [-0.1, -0.05) is 0 Å². The van der Waals surface area contributed by atoms with Gasteiger partial charge in [-0.3, -0.25) is 4.98 Å². The van der Waals surface area contributed by atoms with Crippen molar-refractivity contribution in [2.45, 2.75) is 18.5 Å². The van der Waals surface area contributed by atoms with Gasteiger partial charge in [0.1, 0.15) is 11.3 Å². The minimum absolute atomic E-state index is 0.186. The second-order valence-corrected chi connectivity index (χ2v) is 5.16. The van der Waals surface area contributed by atoms with Gasteiger partial charge in [0.2, 0.25) is 0 Å². The van der Waals surface area contributed by atoms with Crippen molar-refractivity contribution in [2.75, 3.05) is 26.7 Å². The summed E-state index contributed by atoms with van der Waals surface area (Å²) >= 11 is 5.99. The number of hydrogen-bond acceptors (Lipinski definition) is 4. The van der Waals surface area contributed by atoms with Crippen LogP contribution in [-0.4, -0.2) is 52.3 Å². The van der Waals surface area contributed by atoms with Crippen molar-refractivity contribution in [3.05, 3.63) is 24.3 Å². The van der Waals surface area contributed by atoms with Gasteiger partial charge >= 0.3 is 0 Å². The van der Waals surface area contributed by atoms with Crippen LogP contribution in [0.2, 0.25) is 0 Å². The zero-order valence-electron chi connectivity index (χ0n) is 10.9. The fourth-order valence-electron chi connectivity index (χ4n) is 2.52. The zero-order chi connectivity index (χ0) is 13.2. The van der Waals surface area contributed by atoms with Crippen molar-refractivity contribution in [1.29, 1.82) is 0 Å². The number of ether oxygens (including phenoxy) is 1. The summed E-state index contributed by atoms with van der Waals surface area (Å²) in [4.78, 5) is 10.9. The van der Waals surface area contributed by atoms with E-state index in [1.807, 2.05) is 6.07 Å². The summed E-state index contributed by atoms with van der Waals surface area (Å²) in [5.74, 6) is 1.28. The van der Waals surface area contributed by atoms with Crippen LogP contribution < -0.4 is 0 Å². The van der Waals surface area contributed by atoms with E-state index in [1.165, 1.54) is 0 Å². The highest BCUT2D eigenvalue weighted by atomic mass is 35.5. The Morgan fingerprint density at radius 3 is 3.21 bits per heavy atom. The molecule has 1 aliphatic rings. The number of aromatic nitrogens is 3. The molecule has 102 valence electrons. The summed E-state index contributed by atoms with van der Waals surface area (Å²) < 4.78 is 7.97. The largest absolute Gasteiger partial charge is 0.374 e. The summed E-state index contributed by atoms with van der Waals surface area (Å²) in [5.41, 5.74) is 1.96. The number of hydrogen-bond donors (Lipinski definition) is 0. The van der Waals surface area contributed by atoms with E-state index in [0.717, 1.165) is 43.1 Å². The molecule has 2 aromatic heterocycles. The predicted octanol–water partition coefficient (Wildman–Crippen LogP) is 1.50. The molecule has 0 spiro atoms. The quantitative estimate of drug-likeness (QED) is 0.799. The average Bonchev–Trinajstić information content (AvgIpc) is 2.77. The maximum atomic E-state index is 5.99. The van der Waals surface area contributed by atoms with Crippen LogP contribution in [0.4, 0.5) is 0 Å². The highest BCUT2D eigenvalue weighted by Gasteiger charge is 2.20. The van der Waals surface area contributed by atoms with E-state index in [0.29, 0.717) is 5.88 Å². The molecule has 3 heterocycles. The van der Waals surface area contributed by atoms with E-state index < -0.39 is 0 Å². The van der Waals surface area contributed by atoms with Gasteiger partial charge in [-0.2, -0.15) is 0 Å². The van der Waals surface area contributed by atoms with Crippen LogP contribution in [0.1, 0.15) is 5.82 Å². The first kappa shape index (κ1) is 12.8. The number of alkyl halides is 1. The number of imidazole rings is 1. The average molecular weight is 281 g/mol. The minimum atomic E-state index is 0.186. The molecule has 0 aliphatic carbocycles. The Bertz CT molecular complexity index is 571. The Kier molecular flexibility index (Phi) is 3.68. The third-order valence-electron chi connectivity index (χ3n) is 3.48. The summed E-state index contributed by atoms with van der Waals surface area (Å²) in [7, 11) is 2.12. The van der Waals surface area contributed by atoms with Crippen LogP contribution in [0, 0.1) is 0 Å². The van der Waals surface area contributed by atoms with E-state index in [9.17, 15) is 0 Å². The molecule has 1 fully saturated rings. The lowest BCUT2D eigenvalue weighted by atomic mass is 10.2. The van der Waals surface area contributed by atoms with Gasteiger partial charge in [0.15, 0.2) is 0 Å². The lowest BCUT2D eigenvalue weighted by molar-refractivity contribution is -0.0272. The second kappa shape index (κ2) is 5.45. The number of halogens is 1. The zero-order valence-corrected chi connectivity index (χ0v) is 11.7. The van der Waals surface area contributed by atoms with Crippen molar-refractivity contribution in [1.82, 2.24) is 19.4 Å². The standard InChI is InChI=1S/C13H17ClN4O/c1-17-4-5-19-10(8-17)9-18-12-2-3-15-7-11(12)16-13(18)6-14/h2-3,7,10H,4-6,8-9H2,1H3. The minimum Gasteiger partial charge on any atom is -0.374 e. The van der Waals surface area contributed by atoms with Crippen molar-refractivity contribution < 1.29 is 4.74 Å². The van der Waals surface area contributed by atoms with Gasteiger partial charge in [-0.25, -0.2) is 4.98 Å². The molecule has 0 N–H and O–H groups in total. The Balaban J connectivity index is 1.90. The number of morpholine rings is 1. The Hall–Kier alpha value is -1.17. The first-order valence-electron chi connectivity index (χ1n) is 6.43. The van der Waals surface area contributed by atoms with Crippen LogP contribution in [-0.2, 0) is 17.2 Å². The molecular formula is C13H17ClN4O. The molecule has 1 atom stereocenters. The van der Waals surface area contributed by atoms with Gasteiger partial charge in [0.05, 0.1) is 36.8 Å². The third kappa shape index (κ3) is 2.59. The highest BCUT2D eigenvalue weighted by molar-refractivity contribution is 6.16.